The average molecular weight is 362 g/mol. The number of halogens is 1. The molecule has 0 aliphatic rings. The fourth-order valence-corrected chi connectivity index (χ4v) is 3.24. The molecule has 3 rings (SSSR count). The van der Waals surface area contributed by atoms with Crippen molar-refractivity contribution < 1.29 is 13.9 Å². The largest absolute Gasteiger partial charge is 0.489 e. The maximum Gasteiger partial charge on any atom is 0.130 e. The minimum Gasteiger partial charge on any atom is -0.489 e. The van der Waals surface area contributed by atoms with E-state index in [0.29, 0.717) is 30.8 Å². The van der Waals surface area contributed by atoms with Gasteiger partial charge in [-0.2, -0.15) is 0 Å². The second kappa shape index (κ2) is 8.63. The number of hydrogen-bond acceptors (Lipinski definition) is 2. The maximum atomic E-state index is 14.0. The number of aldehydes is 1. The van der Waals surface area contributed by atoms with E-state index < -0.39 is 0 Å². The van der Waals surface area contributed by atoms with Crippen LogP contribution in [-0.4, -0.2) is 6.29 Å². The minimum atomic E-state index is -0.334. The van der Waals surface area contributed by atoms with E-state index in [4.69, 9.17) is 4.74 Å². The third kappa shape index (κ3) is 4.62. The van der Waals surface area contributed by atoms with E-state index in [1.165, 1.54) is 28.3 Å². The number of carbonyl (C=O) groups is 1. The molecule has 0 N–H and O–H groups in total. The Hall–Kier alpha value is -2.94. The van der Waals surface area contributed by atoms with Crippen LogP contribution in [0.2, 0.25) is 0 Å². The Kier molecular flexibility index (Phi) is 6.02. The molecule has 27 heavy (non-hydrogen) atoms. The molecule has 0 fully saturated rings. The van der Waals surface area contributed by atoms with Gasteiger partial charge in [0.1, 0.15) is 24.5 Å². The standard InChI is InChI=1S/C24H23FO2/c1-17-5-3-6-18(2)24(17)21-10-8-19(9-11-21)16-27-22-13-12-20(7-4-14-26)23(25)15-22/h3,5-6,8-15H,4,7,16H2,1-2H3. The van der Waals surface area contributed by atoms with Gasteiger partial charge in [-0.1, -0.05) is 48.5 Å². The van der Waals surface area contributed by atoms with Crippen LogP contribution in [0.15, 0.2) is 60.7 Å². The van der Waals surface area contributed by atoms with Gasteiger partial charge in [-0.05, 0) is 59.7 Å². The van der Waals surface area contributed by atoms with Gasteiger partial charge in [-0.3, -0.25) is 0 Å². The summed E-state index contributed by atoms with van der Waals surface area (Å²) < 4.78 is 19.7. The number of ether oxygens (including phenoxy) is 1. The van der Waals surface area contributed by atoms with Gasteiger partial charge in [-0.25, -0.2) is 4.39 Å². The second-order valence-electron chi connectivity index (χ2n) is 6.71. The highest BCUT2D eigenvalue weighted by Crippen LogP contribution is 2.27. The Bertz CT molecular complexity index is 909. The van der Waals surface area contributed by atoms with Crippen LogP contribution in [0.1, 0.15) is 28.7 Å². The molecular formula is C24H23FO2. The number of rotatable bonds is 7. The fourth-order valence-electron chi connectivity index (χ4n) is 3.24. The van der Waals surface area contributed by atoms with E-state index in [-0.39, 0.29) is 5.82 Å². The van der Waals surface area contributed by atoms with Gasteiger partial charge in [-0.15, -0.1) is 0 Å². The predicted molar refractivity (Wildman–Crippen MR) is 106 cm³/mol. The summed E-state index contributed by atoms with van der Waals surface area (Å²) in [6.07, 6.45) is 1.53. The summed E-state index contributed by atoms with van der Waals surface area (Å²) in [7, 11) is 0. The average Bonchev–Trinajstić information content (AvgIpc) is 2.66. The highest BCUT2D eigenvalue weighted by Gasteiger charge is 2.07. The van der Waals surface area contributed by atoms with Crippen molar-refractivity contribution in [2.24, 2.45) is 0 Å². The third-order valence-electron chi connectivity index (χ3n) is 4.69. The molecular weight excluding hydrogens is 339 g/mol. The van der Waals surface area contributed by atoms with Crippen molar-refractivity contribution in [1.29, 1.82) is 0 Å². The highest BCUT2D eigenvalue weighted by atomic mass is 19.1. The molecule has 138 valence electrons. The summed E-state index contributed by atoms with van der Waals surface area (Å²) in [4.78, 5) is 10.4. The smallest absolute Gasteiger partial charge is 0.130 e. The van der Waals surface area contributed by atoms with Crippen LogP contribution in [0.4, 0.5) is 4.39 Å². The van der Waals surface area contributed by atoms with E-state index in [1.807, 2.05) is 12.1 Å². The van der Waals surface area contributed by atoms with Crippen LogP contribution < -0.4 is 4.74 Å². The van der Waals surface area contributed by atoms with Crippen molar-refractivity contribution >= 4 is 6.29 Å². The number of carbonyl (C=O) groups excluding carboxylic acids is 1. The summed E-state index contributed by atoms with van der Waals surface area (Å²) in [6, 6.07) is 19.4. The van der Waals surface area contributed by atoms with Crippen LogP contribution >= 0.6 is 0 Å². The number of benzene rings is 3. The Morgan fingerprint density at radius 3 is 2.30 bits per heavy atom. The first-order valence-electron chi connectivity index (χ1n) is 9.09. The Morgan fingerprint density at radius 1 is 0.963 bits per heavy atom. The van der Waals surface area contributed by atoms with Crippen LogP contribution in [0, 0.1) is 19.7 Å². The summed E-state index contributed by atoms with van der Waals surface area (Å²) in [5.41, 5.74) is 6.51. The van der Waals surface area contributed by atoms with Gasteiger partial charge in [0.25, 0.3) is 0 Å². The summed E-state index contributed by atoms with van der Waals surface area (Å²) in [6.45, 7) is 4.61. The van der Waals surface area contributed by atoms with Gasteiger partial charge in [0.15, 0.2) is 0 Å². The van der Waals surface area contributed by atoms with Gasteiger partial charge in [0, 0.05) is 12.5 Å². The van der Waals surface area contributed by atoms with Crippen LogP contribution in [0.5, 0.6) is 5.75 Å². The molecule has 3 heteroatoms. The topological polar surface area (TPSA) is 26.3 Å². The van der Waals surface area contributed by atoms with Crippen LogP contribution in [0.3, 0.4) is 0 Å². The first-order valence-corrected chi connectivity index (χ1v) is 9.09. The van der Waals surface area contributed by atoms with Crippen molar-refractivity contribution in [2.75, 3.05) is 0 Å². The SMILES string of the molecule is Cc1cccc(C)c1-c1ccc(COc2ccc(CCC=O)c(F)c2)cc1. The van der Waals surface area contributed by atoms with Gasteiger partial charge < -0.3 is 9.53 Å². The lowest BCUT2D eigenvalue weighted by Gasteiger charge is -2.11. The number of aryl methyl sites for hydroxylation is 3. The quantitative estimate of drug-likeness (QED) is 0.495. The second-order valence-corrected chi connectivity index (χ2v) is 6.71. The van der Waals surface area contributed by atoms with Crippen LogP contribution in [-0.2, 0) is 17.8 Å². The Morgan fingerprint density at radius 2 is 1.67 bits per heavy atom. The van der Waals surface area contributed by atoms with Crippen molar-refractivity contribution in [2.45, 2.75) is 33.3 Å². The lowest BCUT2D eigenvalue weighted by molar-refractivity contribution is -0.107. The van der Waals surface area contributed by atoms with Gasteiger partial charge >= 0.3 is 0 Å². The monoisotopic (exact) mass is 362 g/mol. The first kappa shape index (κ1) is 18.8. The van der Waals surface area contributed by atoms with Crippen molar-refractivity contribution in [3.63, 3.8) is 0 Å². The lowest BCUT2D eigenvalue weighted by Crippen LogP contribution is -1.98. The molecule has 3 aromatic rings. The molecule has 0 heterocycles. The third-order valence-corrected chi connectivity index (χ3v) is 4.69. The van der Waals surface area contributed by atoms with Crippen LogP contribution in [0.25, 0.3) is 11.1 Å². The number of hydrogen-bond donors (Lipinski definition) is 0. The molecule has 0 aliphatic heterocycles. The van der Waals surface area contributed by atoms with E-state index in [2.05, 4.69) is 44.2 Å². The Labute approximate surface area is 159 Å². The van der Waals surface area contributed by atoms with E-state index in [0.717, 1.165) is 11.8 Å². The first-order chi connectivity index (χ1) is 13.1. The normalized spacial score (nSPS) is 10.6. The molecule has 0 radical (unpaired) electrons. The Balaban J connectivity index is 1.67. The molecule has 0 saturated heterocycles. The summed E-state index contributed by atoms with van der Waals surface area (Å²) in [5, 5.41) is 0. The molecule has 3 aromatic carbocycles. The lowest BCUT2D eigenvalue weighted by atomic mass is 9.95. The van der Waals surface area contributed by atoms with Gasteiger partial charge in [0.2, 0.25) is 0 Å². The molecule has 0 atom stereocenters. The summed E-state index contributed by atoms with van der Waals surface area (Å²) >= 11 is 0. The minimum absolute atomic E-state index is 0.323. The predicted octanol–water partition coefficient (Wildman–Crippen LogP) is 5.82. The van der Waals surface area contributed by atoms with Crippen molar-refractivity contribution in [3.05, 3.63) is 88.7 Å². The molecule has 0 bridgehead atoms. The highest BCUT2D eigenvalue weighted by molar-refractivity contribution is 5.70. The fraction of sp³-hybridized carbons (Fsp3) is 0.208. The van der Waals surface area contributed by atoms with Crippen molar-refractivity contribution in [3.8, 4) is 16.9 Å². The molecule has 2 nitrogen and oxygen atoms in total. The molecule has 0 amide bonds. The van der Waals surface area contributed by atoms with E-state index in [1.54, 1.807) is 12.1 Å². The molecule has 0 aliphatic carbocycles. The zero-order valence-electron chi connectivity index (χ0n) is 15.7. The van der Waals surface area contributed by atoms with E-state index in [9.17, 15) is 9.18 Å². The zero-order valence-corrected chi connectivity index (χ0v) is 15.7. The molecule has 0 aromatic heterocycles. The zero-order chi connectivity index (χ0) is 19.2. The molecule has 0 unspecified atom stereocenters. The molecule has 0 spiro atoms. The molecule has 0 saturated carbocycles. The van der Waals surface area contributed by atoms with E-state index >= 15 is 0 Å². The maximum absolute atomic E-state index is 14.0. The summed E-state index contributed by atoms with van der Waals surface area (Å²) in [5.74, 6) is 0.154. The van der Waals surface area contributed by atoms with Crippen molar-refractivity contribution in [1.82, 2.24) is 0 Å². The van der Waals surface area contributed by atoms with Gasteiger partial charge in [0.05, 0.1) is 0 Å².